The van der Waals surface area contributed by atoms with E-state index in [1.165, 1.54) is 33.6 Å². The molecule has 204 valence electrons. The van der Waals surface area contributed by atoms with Crippen LogP contribution in [0.25, 0.3) is 0 Å². The Bertz CT molecular complexity index is 1400. The average Bonchev–Trinajstić information content (AvgIpc) is 3.55. The monoisotopic (exact) mass is 591 g/mol. The molecule has 18 heteroatoms. The number of anilines is 1. The van der Waals surface area contributed by atoms with Crippen molar-refractivity contribution in [2.45, 2.75) is 43.1 Å². The van der Waals surface area contributed by atoms with Crippen molar-refractivity contribution >= 4 is 69.9 Å². The number of fused-ring (bicyclic) bond motifs is 1. The first-order chi connectivity index (χ1) is 18.7. The zero-order chi connectivity index (χ0) is 28.1. The number of oxime groups is 1. The van der Waals surface area contributed by atoms with Crippen molar-refractivity contribution in [1.29, 1.82) is 0 Å². The van der Waals surface area contributed by atoms with Crippen LogP contribution in [0.5, 0.6) is 0 Å². The summed E-state index contributed by atoms with van der Waals surface area (Å²) in [4.78, 5) is 59.7. The zero-order valence-corrected chi connectivity index (χ0v) is 22.9. The lowest BCUT2D eigenvalue weighted by atomic mass is 10.0. The summed E-state index contributed by atoms with van der Waals surface area (Å²) in [5.74, 6) is 0.378. The number of carboxylic acids is 1. The summed E-state index contributed by atoms with van der Waals surface area (Å²) in [6.07, 6.45) is 5.42. The van der Waals surface area contributed by atoms with Crippen molar-refractivity contribution in [3.8, 4) is 12.3 Å². The van der Waals surface area contributed by atoms with Gasteiger partial charge in [-0.05, 0) is 29.8 Å². The van der Waals surface area contributed by atoms with Crippen molar-refractivity contribution in [2.24, 2.45) is 5.16 Å². The van der Waals surface area contributed by atoms with Gasteiger partial charge in [0.15, 0.2) is 10.8 Å². The Morgan fingerprint density at radius 2 is 2.26 bits per heavy atom. The molecular formula is C21H21N9O6S3. The Hall–Kier alpha value is -3.95. The number of thiazole rings is 1. The molecule has 0 aromatic carbocycles. The first-order valence-corrected chi connectivity index (χ1v) is 14.1. The van der Waals surface area contributed by atoms with Crippen molar-refractivity contribution in [1.82, 2.24) is 35.4 Å². The maximum atomic E-state index is 13.2. The third-order valence-corrected chi connectivity index (χ3v) is 8.31. The van der Waals surface area contributed by atoms with Crippen LogP contribution in [0.4, 0.5) is 5.13 Å². The van der Waals surface area contributed by atoms with E-state index in [1.54, 1.807) is 13.8 Å². The molecule has 1 unspecified atom stereocenters. The molecule has 3 N–H and O–H groups in total. The highest BCUT2D eigenvalue weighted by Crippen LogP contribution is 2.41. The summed E-state index contributed by atoms with van der Waals surface area (Å²) in [5.41, 5.74) is 0.313. The van der Waals surface area contributed by atoms with Gasteiger partial charge in [-0.2, -0.15) is 0 Å². The van der Waals surface area contributed by atoms with Crippen LogP contribution < -0.4 is 10.6 Å². The van der Waals surface area contributed by atoms with E-state index in [4.69, 9.17) is 11.3 Å². The molecule has 2 aromatic heterocycles. The minimum absolute atomic E-state index is 0.139. The first kappa shape index (κ1) is 28.1. The van der Waals surface area contributed by atoms with Gasteiger partial charge in [-0.15, -0.1) is 34.6 Å². The molecule has 1 fully saturated rings. The average molecular weight is 592 g/mol. The molecule has 15 nitrogen and oxygen atoms in total. The largest absolute Gasteiger partial charge is 0.477 e. The van der Waals surface area contributed by atoms with E-state index >= 15 is 0 Å². The van der Waals surface area contributed by atoms with Gasteiger partial charge in [0.25, 0.3) is 11.8 Å². The Kier molecular flexibility index (Phi) is 8.83. The Balaban J connectivity index is 1.50. The van der Waals surface area contributed by atoms with Crippen molar-refractivity contribution in [3.05, 3.63) is 22.3 Å². The predicted molar refractivity (Wildman–Crippen MR) is 142 cm³/mol. The minimum atomic E-state index is -1.26. The third kappa shape index (κ3) is 6.05. The summed E-state index contributed by atoms with van der Waals surface area (Å²) >= 11 is 3.59. The SMILES string of the molecule is C#CCn1nnnc1SCC1=C(C(=O)O)N2C(=O)C(NC(=O)C(=NOC(C)C)c3csc(NC=O)n3)[C@@H]2SC1. The van der Waals surface area contributed by atoms with Crippen LogP contribution in [0, 0.1) is 12.3 Å². The molecule has 0 saturated carbocycles. The number of nitrogens with zero attached hydrogens (tertiary/aromatic N) is 7. The molecule has 3 amide bonds. The summed E-state index contributed by atoms with van der Waals surface area (Å²) in [6.45, 7) is 3.60. The predicted octanol–water partition coefficient (Wildman–Crippen LogP) is -0.00890. The van der Waals surface area contributed by atoms with Crippen LogP contribution in [0.15, 0.2) is 27.0 Å². The molecular weight excluding hydrogens is 570 g/mol. The number of nitrogens with one attached hydrogen (secondary N) is 2. The molecule has 0 spiro atoms. The number of carbonyl (C=O) groups excluding carboxylic acids is 3. The number of rotatable bonds is 12. The zero-order valence-electron chi connectivity index (χ0n) is 20.4. The highest BCUT2D eigenvalue weighted by molar-refractivity contribution is 8.01. The van der Waals surface area contributed by atoms with Gasteiger partial charge in [0.05, 0.1) is 0 Å². The number of β-lactam (4-membered cyclic amide) rings is 1. The molecule has 2 aliphatic heterocycles. The fourth-order valence-electron chi connectivity index (χ4n) is 3.50. The van der Waals surface area contributed by atoms with Gasteiger partial charge < -0.3 is 20.6 Å². The number of terminal acetylenes is 1. The fourth-order valence-corrected chi connectivity index (χ4v) is 6.52. The smallest absolute Gasteiger partial charge is 0.352 e. The summed E-state index contributed by atoms with van der Waals surface area (Å²) < 4.78 is 1.41. The number of aromatic nitrogens is 5. The van der Waals surface area contributed by atoms with Crippen LogP contribution in [-0.4, -0.2) is 94.1 Å². The normalized spacial score (nSPS) is 18.8. The second-order valence-corrected chi connectivity index (χ2v) is 11.0. The molecule has 2 aromatic rings. The molecule has 4 rings (SSSR count). The number of tetrazole rings is 1. The Labute approximate surface area is 233 Å². The minimum Gasteiger partial charge on any atom is -0.477 e. The fraction of sp³-hybridized carbons (Fsp3) is 0.381. The Morgan fingerprint density at radius 3 is 2.95 bits per heavy atom. The molecule has 39 heavy (non-hydrogen) atoms. The molecule has 4 heterocycles. The summed E-state index contributed by atoms with van der Waals surface area (Å²) in [5, 5.41) is 31.6. The molecule has 1 saturated heterocycles. The van der Waals surface area contributed by atoms with Gasteiger partial charge in [0.1, 0.15) is 35.5 Å². The highest BCUT2D eigenvalue weighted by Gasteiger charge is 2.54. The quantitative estimate of drug-likeness (QED) is 0.0747. The number of carboxylic acid groups (broad SMARTS) is 1. The number of amides is 3. The lowest BCUT2D eigenvalue weighted by Crippen LogP contribution is -2.71. The molecule has 0 radical (unpaired) electrons. The third-order valence-electron chi connectivity index (χ3n) is 5.15. The standard InChI is InChI=1S/C21H21N9O6S3/c1-4-5-29-21(25-27-28-29)39-7-11-6-37-18-14(17(33)30(18)15(11)19(34)35)24-16(32)13(26-36-10(2)3)12-8-38-20(23-12)22-9-31/h1,8-10,14,18H,5-7H2,2-3H3,(H,24,32)(H,34,35)(H,22,23,31)/t14?,18-/m0/s1. The molecule has 2 aliphatic rings. The van der Waals surface area contributed by atoms with E-state index in [1.807, 2.05) is 0 Å². The van der Waals surface area contributed by atoms with Crippen LogP contribution in [-0.2, 0) is 30.6 Å². The van der Waals surface area contributed by atoms with Gasteiger partial charge in [0, 0.05) is 16.9 Å². The van der Waals surface area contributed by atoms with E-state index in [2.05, 4.69) is 42.2 Å². The van der Waals surface area contributed by atoms with Crippen LogP contribution >= 0.6 is 34.9 Å². The first-order valence-electron chi connectivity index (χ1n) is 11.2. The topological polar surface area (TPSA) is 194 Å². The van der Waals surface area contributed by atoms with Crippen LogP contribution in [0.3, 0.4) is 0 Å². The summed E-state index contributed by atoms with van der Waals surface area (Å²) in [7, 11) is 0. The van der Waals surface area contributed by atoms with Gasteiger partial charge in [0.2, 0.25) is 11.6 Å². The van der Waals surface area contributed by atoms with Crippen LogP contribution in [0.2, 0.25) is 0 Å². The van der Waals surface area contributed by atoms with Crippen LogP contribution in [0.1, 0.15) is 19.5 Å². The number of thioether (sulfide) groups is 2. The van der Waals surface area contributed by atoms with E-state index in [0.29, 0.717) is 22.9 Å². The van der Waals surface area contributed by atoms with Gasteiger partial charge in [-0.25, -0.2) is 14.5 Å². The van der Waals surface area contributed by atoms with Gasteiger partial charge in [-0.1, -0.05) is 22.8 Å². The number of carbonyl (C=O) groups is 4. The van der Waals surface area contributed by atoms with E-state index in [9.17, 15) is 24.3 Å². The van der Waals surface area contributed by atoms with E-state index in [0.717, 1.165) is 16.2 Å². The van der Waals surface area contributed by atoms with Gasteiger partial charge in [-0.3, -0.25) is 19.3 Å². The lowest BCUT2D eigenvalue weighted by molar-refractivity contribution is -0.150. The second-order valence-electron chi connectivity index (χ2n) is 8.12. The second kappa shape index (κ2) is 12.3. The highest BCUT2D eigenvalue weighted by atomic mass is 32.2. The van der Waals surface area contributed by atoms with Crippen molar-refractivity contribution in [3.63, 3.8) is 0 Å². The van der Waals surface area contributed by atoms with E-state index < -0.39 is 29.2 Å². The lowest BCUT2D eigenvalue weighted by Gasteiger charge is -2.49. The summed E-state index contributed by atoms with van der Waals surface area (Å²) in [6, 6.07) is -0.996. The maximum absolute atomic E-state index is 13.2. The van der Waals surface area contributed by atoms with Gasteiger partial charge >= 0.3 is 5.97 Å². The Morgan fingerprint density at radius 1 is 1.46 bits per heavy atom. The van der Waals surface area contributed by atoms with Crippen molar-refractivity contribution < 1.29 is 29.1 Å². The van der Waals surface area contributed by atoms with E-state index in [-0.39, 0.29) is 40.6 Å². The molecule has 0 bridgehead atoms. The number of aliphatic carboxylic acids is 1. The molecule has 0 aliphatic carbocycles. The molecule has 2 atom stereocenters. The van der Waals surface area contributed by atoms with Crippen molar-refractivity contribution in [2.75, 3.05) is 16.8 Å². The maximum Gasteiger partial charge on any atom is 0.352 e. The number of hydrogen-bond acceptors (Lipinski definition) is 13. The number of hydrogen-bond donors (Lipinski definition) is 3.